The monoisotopic (exact) mass is 286 g/mol. The Balaban J connectivity index is 2.57. The van der Waals surface area contributed by atoms with Crippen molar-refractivity contribution < 1.29 is 4.79 Å². The van der Waals surface area contributed by atoms with Crippen molar-refractivity contribution in [1.29, 1.82) is 0 Å². The van der Waals surface area contributed by atoms with Gasteiger partial charge in [0.15, 0.2) is 4.80 Å². The van der Waals surface area contributed by atoms with Crippen molar-refractivity contribution in [3.05, 3.63) is 28.6 Å². The highest BCUT2D eigenvalue weighted by atomic mass is 32.1. The van der Waals surface area contributed by atoms with Gasteiger partial charge in [-0.05, 0) is 30.5 Å². The van der Waals surface area contributed by atoms with Crippen molar-refractivity contribution in [3.8, 4) is 12.3 Å². The lowest BCUT2D eigenvalue weighted by Gasteiger charge is -2.01. The van der Waals surface area contributed by atoms with Crippen LogP contribution in [0.25, 0.3) is 10.2 Å². The molecule has 2 aromatic rings. The lowest BCUT2D eigenvalue weighted by molar-refractivity contribution is -0.118. The number of nitrogens with zero attached hydrogens (tertiary/aromatic N) is 2. The van der Waals surface area contributed by atoms with Gasteiger partial charge in [-0.2, -0.15) is 4.99 Å². The van der Waals surface area contributed by atoms with E-state index in [2.05, 4.69) is 17.0 Å². The average molecular weight is 286 g/mol. The molecule has 1 aromatic carbocycles. The van der Waals surface area contributed by atoms with Crippen LogP contribution in [0, 0.1) is 25.2 Å². The van der Waals surface area contributed by atoms with Gasteiger partial charge in [-0.3, -0.25) is 4.79 Å². The van der Waals surface area contributed by atoms with Crippen molar-refractivity contribution in [2.45, 2.75) is 33.7 Å². The molecule has 0 spiro atoms. The maximum absolute atomic E-state index is 11.9. The van der Waals surface area contributed by atoms with Gasteiger partial charge in [0.25, 0.3) is 0 Å². The van der Waals surface area contributed by atoms with Crippen molar-refractivity contribution in [2.75, 3.05) is 0 Å². The molecule has 0 aliphatic rings. The summed E-state index contributed by atoms with van der Waals surface area (Å²) >= 11 is 1.51. The van der Waals surface area contributed by atoms with E-state index in [1.54, 1.807) is 0 Å². The van der Waals surface area contributed by atoms with E-state index in [0.717, 1.165) is 10.2 Å². The van der Waals surface area contributed by atoms with Crippen LogP contribution in [0.2, 0.25) is 0 Å². The first-order valence-corrected chi connectivity index (χ1v) is 7.44. The highest BCUT2D eigenvalue weighted by Gasteiger charge is 2.08. The Morgan fingerprint density at radius 3 is 2.90 bits per heavy atom. The molecule has 0 saturated carbocycles. The molecule has 0 bridgehead atoms. The number of rotatable bonds is 3. The molecule has 4 heteroatoms. The Hall–Kier alpha value is -1.86. The molecule has 1 heterocycles. The zero-order chi connectivity index (χ0) is 14.7. The normalized spacial score (nSPS) is 12.1. The Morgan fingerprint density at radius 2 is 2.25 bits per heavy atom. The maximum Gasteiger partial charge on any atom is 0.248 e. The Bertz CT molecular complexity index is 744. The summed E-state index contributed by atoms with van der Waals surface area (Å²) in [5.74, 6) is 2.85. The Labute approximate surface area is 123 Å². The maximum atomic E-state index is 11.9. The Morgan fingerprint density at radius 1 is 1.50 bits per heavy atom. The van der Waals surface area contributed by atoms with Gasteiger partial charge >= 0.3 is 0 Å². The molecule has 0 aliphatic heterocycles. The van der Waals surface area contributed by atoms with Gasteiger partial charge in [-0.15, -0.1) is 6.42 Å². The molecule has 104 valence electrons. The number of carbonyl (C=O) groups is 1. The predicted molar refractivity (Wildman–Crippen MR) is 83.4 cm³/mol. The van der Waals surface area contributed by atoms with Gasteiger partial charge in [0, 0.05) is 6.42 Å². The van der Waals surface area contributed by atoms with Crippen molar-refractivity contribution in [2.24, 2.45) is 10.9 Å². The number of terminal acetylenes is 1. The molecule has 1 amide bonds. The number of carbonyl (C=O) groups excluding carboxylic acids is 1. The number of hydrogen-bond donors (Lipinski definition) is 0. The van der Waals surface area contributed by atoms with Gasteiger partial charge in [-0.1, -0.05) is 37.2 Å². The predicted octanol–water partition coefficient (Wildman–Crippen LogP) is 3.12. The van der Waals surface area contributed by atoms with E-state index >= 15 is 0 Å². The van der Waals surface area contributed by atoms with E-state index in [1.165, 1.54) is 16.9 Å². The smallest absolute Gasteiger partial charge is 0.248 e. The molecular weight excluding hydrogens is 268 g/mol. The number of aromatic nitrogens is 1. The number of thiazole rings is 1. The van der Waals surface area contributed by atoms with Crippen LogP contribution in [0.15, 0.2) is 23.2 Å². The highest BCUT2D eigenvalue weighted by molar-refractivity contribution is 7.16. The number of benzene rings is 1. The molecule has 0 atom stereocenters. The second-order valence-electron chi connectivity index (χ2n) is 5.25. The summed E-state index contributed by atoms with van der Waals surface area (Å²) in [6.07, 6.45) is 5.89. The van der Waals surface area contributed by atoms with E-state index in [-0.39, 0.29) is 5.91 Å². The average Bonchev–Trinajstić information content (AvgIpc) is 2.66. The van der Waals surface area contributed by atoms with Crippen LogP contribution in [0.4, 0.5) is 0 Å². The first kappa shape index (κ1) is 14.5. The van der Waals surface area contributed by atoms with E-state index in [1.807, 2.05) is 37.5 Å². The number of amides is 1. The highest BCUT2D eigenvalue weighted by Crippen LogP contribution is 2.18. The molecule has 3 nitrogen and oxygen atoms in total. The molecule has 0 N–H and O–H groups in total. The van der Waals surface area contributed by atoms with Gasteiger partial charge in [0.2, 0.25) is 5.91 Å². The standard InChI is InChI=1S/C16H18N2OS/c1-5-8-18-13-7-6-12(4)10-14(13)20-16(18)17-15(19)9-11(2)3/h1,6-7,10-11H,8-9H2,2-4H3. The van der Waals surface area contributed by atoms with E-state index < -0.39 is 0 Å². The summed E-state index contributed by atoms with van der Waals surface area (Å²) in [6.45, 7) is 6.50. The summed E-state index contributed by atoms with van der Waals surface area (Å²) in [5, 5.41) is 0. The molecule has 0 radical (unpaired) electrons. The van der Waals surface area contributed by atoms with Crippen LogP contribution in [-0.2, 0) is 11.3 Å². The third-order valence-electron chi connectivity index (χ3n) is 2.89. The minimum absolute atomic E-state index is 0.0888. The Kier molecular flexibility index (Phi) is 4.41. The second kappa shape index (κ2) is 6.06. The first-order chi connectivity index (χ1) is 9.51. The summed E-state index contributed by atoms with van der Waals surface area (Å²) in [4.78, 5) is 16.8. The largest absolute Gasteiger partial charge is 0.305 e. The van der Waals surface area contributed by atoms with Crippen LogP contribution in [0.5, 0.6) is 0 Å². The number of hydrogen-bond acceptors (Lipinski definition) is 2. The van der Waals surface area contributed by atoms with Gasteiger partial charge in [-0.25, -0.2) is 0 Å². The molecule has 2 rings (SSSR count). The van der Waals surface area contributed by atoms with Crippen LogP contribution in [0.1, 0.15) is 25.8 Å². The van der Waals surface area contributed by atoms with Gasteiger partial charge in [0.1, 0.15) is 0 Å². The summed E-state index contributed by atoms with van der Waals surface area (Å²) in [5.41, 5.74) is 2.22. The summed E-state index contributed by atoms with van der Waals surface area (Å²) < 4.78 is 3.04. The molecular formula is C16H18N2OS. The quantitative estimate of drug-likeness (QED) is 0.798. The zero-order valence-corrected chi connectivity index (χ0v) is 12.8. The van der Waals surface area contributed by atoms with Crippen LogP contribution in [-0.4, -0.2) is 10.5 Å². The van der Waals surface area contributed by atoms with Gasteiger partial charge in [0.05, 0.1) is 16.8 Å². The van der Waals surface area contributed by atoms with Crippen LogP contribution in [0.3, 0.4) is 0 Å². The summed E-state index contributed by atoms with van der Waals surface area (Å²) in [7, 11) is 0. The molecule has 0 fully saturated rings. The zero-order valence-electron chi connectivity index (χ0n) is 12.0. The van der Waals surface area contributed by atoms with Crippen molar-refractivity contribution >= 4 is 27.5 Å². The molecule has 0 aliphatic carbocycles. The van der Waals surface area contributed by atoms with E-state index in [4.69, 9.17) is 6.42 Å². The SMILES string of the molecule is C#CCn1c(=NC(=O)CC(C)C)sc2cc(C)ccc21. The van der Waals surface area contributed by atoms with Crippen LogP contribution < -0.4 is 4.80 Å². The minimum atomic E-state index is -0.0888. The lowest BCUT2D eigenvalue weighted by atomic mass is 10.1. The fourth-order valence-corrected chi connectivity index (χ4v) is 3.16. The van der Waals surface area contributed by atoms with Crippen LogP contribution >= 0.6 is 11.3 Å². The third-order valence-corrected chi connectivity index (χ3v) is 3.93. The molecule has 0 saturated heterocycles. The fraction of sp³-hybridized carbons (Fsp3) is 0.375. The topological polar surface area (TPSA) is 34.4 Å². The van der Waals surface area contributed by atoms with Crippen molar-refractivity contribution in [1.82, 2.24) is 4.57 Å². The van der Waals surface area contributed by atoms with E-state index in [0.29, 0.717) is 23.7 Å². The number of aryl methyl sites for hydroxylation is 1. The second-order valence-corrected chi connectivity index (χ2v) is 6.26. The third kappa shape index (κ3) is 3.17. The van der Waals surface area contributed by atoms with E-state index in [9.17, 15) is 4.79 Å². The number of fused-ring (bicyclic) bond motifs is 1. The van der Waals surface area contributed by atoms with Crippen molar-refractivity contribution in [3.63, 3.8) is 0 Å². The molecule has 0 unspecified atom stereocenters. The summed E-state index contributed by atoms with van der Waals surface area (Å²) in [6, 6.07) is 6.17. The minimum Gasteiger partial charge on any atom is -0.305 e. The lowest BCUT2D eigenvalue weighted by Crippen LogP contribution is -2.16. The fourth-order valence-electron chi connectivity index (χ4n) is 2.01. The van der Waals surface area contributed by atoms with Gasteiger partial charge < -0.3 is 4.57 Å². The molecule has 1 aromatic heterocycles. The molecule has 20 heavy (non-hydrogen) atoms. The first-order valence-electron chi connectivity index (χ1n) is 6.62.